The van der Waals surface area contributed by atoms with Crippen LogP contribution in [0.5, 0.6) is 0 Å². The van der Waals surface area contributed by atoms with Gasteiger partial charge in [-0.25, -0.2) is 0 Å². The smallest absolute Gasteiger partial charge is 0.00141 e. The third-order valence-electron chi connectivity index (χ3n) is 16.0. The molecule has 0 saturated heterocycles. The van der Waals surface area contributed by atoms with Gasteiger partial charge in [-0.3, -0.25) is 0 Å². The predicted octanol–water partition coefficient (Wildman–Crippen LogP) is 21.7. The largest absolute Gasteiger partial charge is 0.0622 e. The Morgan fingerprint density at radius 3 is 0.544 bits per heavy atom. The molecule has 2 aliphatic rings. The number of hydrogen-bond acceptors (Lipinski definition) is 0. The fourth-order valence-electron chi connectivity index (χ4n) is 12.8. The van der Waals surface area contributed by atoms with Crippen LogP contribution in [0.1, 0.15) is 17.5 Å². The van der Waals surface area contributed by atoms with Crippen LogP contribution in [0.2, 0.25) is 0 Å². The molecule has 0 N–H and O–H groups in total. The Bertz CT molecular complexity index is 4020. The summed E-state index contributed by atoms with van der Waals surface area (Å²) in [4.78, 5) is 0. The van der Waals surface area contributed by atoms with Crippen LogP contribution in [-0.4, -0.2) is 0 Å². The molecule has 0 fully saturated rings. The van der Waals surface area contributed by atoms with Gasteiger partial charge in [-0.15, -0.1) is 0 Å². The maximum absolute atomic E-state index is 2.45. The van der Waals surface area contributed by atoms with E-state index >= 15 is 0 Å². The first kappa shape index (κ1) is 47.6. The van der Waals surface area contributed by atoms with Gasteiger partial charge in [0.05, 0.1) is 0 Å². The Labute approximate surface area is 463 Å². The molecule has 0 amide bonds. The molecule has 2 aliphatic carbocycles. The third-order valence-corrected chi connectivity index (χ3v) is 16.0. The summed E-state index contributed by atoms with van der Waals surface area (Å²) in [5, 5.41) is 4.65. The van der Waals surface area contributed by atoms with Crippen molar-refractivity contribution in [3.05, 3.63) is 314 Å². The molecular formula is C79H56. The summed E-state index contributed by atoms with van der Waals surface area (Å²) in [5.74, 6) is 0. The van der Waals surface area contributed by atoms with Gasteiger partial charge >= 0.3 is 0 Å². The van der Waals surface area contributed by atoms with Crippen LogP contribution in [0.15, 0.2) is 303 Å². The lowest BCUT2D eigenvalue weighted by molar-refractivity contribution is 0.826. The van der Waals surface area contributed by atoms with Crippen molar-refractivity contribution in [3.63, 3.8) is 0 Å². The van der Waals surface area contributed by atoms with Crippen molar-refractivity contribution in [2.45, 2.75) is 19.3 Å². The number of benzene rings is 12. The van der Waals surface area contributed by atoms with Crippen molar-refractivity contribution in [2.75, 3.05) is 0 Å². The van der Waals surface area contributed by atoms with Crippen LogP contribution in [0.25, 0.3) is 133 Å². The van der Waals surface area contributed by atoms with Crippen LogP contribution < -0.4 is 0 Å². The molecule has 13 aromatic rings. The minimum absolute atomic E-state index is 0.806. The average molecular weight is 1010 g/mol. The zero-order valence-corrected chi connectivity index (χ0v) is 44.0. The Hall–Kier alpha value is -9.88. The monoisotopic (exact) mass is 1000 g/mol. The molecule has 0 radical (unpaired) electrons. The highest BCUT2D eigenvalue weighted by atomic mass is 14.3. The van der Waals surface area contributed by atoms with E-state index < -0.39 is 0 Å². The summed E-state index contributed by atoms with van der Waals surface area (Å²) in [6.07, 6.45) is 2.48. The maximum atomic E-state index is 2.45. The highest BCUT2D eigenvalue weighted by Crippen LogP contribution is 2.56. The van der Waals surface area contributed by atoms with E-state index in [9.17, 15) is 0 Å². The van der Waals surface area contributed by atoms with Crippen LogP contribution in [0.3, 0.4) is 0 Å². The first-order valence-corrected chi connectivity index (χ1v) is 27.8. The van der Waals surface area contributed by atoms with Crippen molar-refractivity contribution in [3.8, 4) is 111 Å². The second-order valence-corrected chi connectivity index (χ2v) is 20.9. The molecule has 0 atom stereocenters. The van der Waals surface area contributed by atoms with E-state index in [1.807, 2.05) is 0 Å². The van der Waals surface area contributed by atoms with Gasteiger partial charge in [-0.1, -0.05) is 267 Å². The van der Waals surface area contributed by atoms with E-state index in [4.69, 9.17) is 0 Å². The molecule has 6 bridgehead atoms. The number of hydrogen-bond donors (Lipinski definition) is 0. The molecule has 0 nitrogen and oxygen atoms in total. The molecule has 15 rings (SSSR count). The molecule has 0 heterocycles. The lowest BCUT2D eigenvalue weighted by Crippen LogP contribution is -2.07. The van der Waals surface area contributed by atoms with Crippen molar-refractivity contribution in [1.29, 1.82) is 0 Å². The number of rotatable bonds is 8. The lowest BCUT2D eigenvalue weighted by atomic mass is 9.73. The van der Waals surface area contributed by atoms with E-state index in [2.05, 4.69) is 303 Å². The predicted molar refractivity (Wildman–Crippen MR) is 337 cm³/mol. The van der Waals surface area contributed by atoms with Gasteiger partial charge < -0.3 is 0 Å². The van der Waals surface area contributed by atoms with E-state index in [1.54, 1.807) is 0 Å². The molecule has 0 heteroatoms. The minimum atomic E-state index is 0.806. The summed E-state index contributed by atoms with van der Waals surface area (Å²) in [7, 11) is 0. The van der Waals surface area contributed by atoms with Crippen LogP contribution >= 0.6 is 0 Å². The van der Waals surface area contributed by atoms with Crippen molar-refractivity contribution < 1.29 is 0 Å². The summed E-state index contributed by atoms with van der Waals surface area (Å²) in [6, 6.07) is 113. The second-order valence-electron chi connectivity index (χ2n) is 20.9. The molecule has 0 saturated carbocycles. The Morgan fingerprint density at radius 2 is 0.329 bits per heavy atom. The molecular weight excluding hydrogens is 949 g/mol. The van der Waals surface area contributed by atoms with Crippen molar-refractivity contribution in [1.82, 2.24) is 0 Å². The van der Waals surface area contributed by atoms with Crippen LogP contribution in [-0.2, 0) is 12.8 Å². The van der Waals surface area contributed by atoms with Gasteiger partial charge in [-0.2, -0.15) is 0 Å². The average Bonchev–Trinajstić information content (AvgIpc) is 3.71. The Kier molecular flexibility index (Phi) is 12.6. The normalized spacial score (nSPS) is 11.9. The molecule has 79 heavy (non-hydrogen) atoms. The molecule has 13 aromatic carbocycles. The SMILES string of the molecule is c1ccc(-c2c3c(c(-c4ccccc4)c(-c4ccccc4)c2-c2ccccc2)-c2cc4ccc5cc(cc(ccc(c2)c4)c5)-c2c(c(-c4ccccc4)c(-c4ccccc4)c(-c4ccccc4)c2-c2ccccc2)CCC3)cc1. The number of fused-ring (bicyclic) bond motifs is 4. The van der Waals surface area contributed by atoms with Gasteiger partial charge in [0.15, 0.2) is 0 Å². The summed E-state index contributed by atoms with van der Waals surface area (Å²) < 4.78 is 0. The zero-order valence-electron chi connectivity index (χ0n) is 44.0. The molecule has 0 unspecified atom stereocenters. The maximum Gasteiger partial charge on any atom is -0.00141 e. The first-order chi connectivity index (χ1) is 39.2. The second kappa shape index (κ2) is 20.9. The van der Waals surface area contributed by atoms with E-state index in [-0.39, 0.29) is 0 Å². The third kappa shape index (κ3) is 8.98. The van der Waals surface area contributed by atoms with Crippen LogP contribution in [0, 0.1) is 0 Å². The quantitative estimate of drug-likeness (QED) is 0.142. The van der Waals surface area contributed by atoms with Crippen LogP contribution in [0.4, 0.5) is 0 Å². The standard InChI is InChI=1S/C79H56/c1-9-26-58(27-10-1)70-68-42-25-43-69-71(59-28-11-2-12-29-59)75(61-32-15-4-16-33-61)79(65-40-23-8-24-41-65)77(63-36-19-6-20-37-63)73(69)67-52-56-46-44-54-48-55(45-47-57(49-56)53-67)51-66(50-54)72(68)76(62-34-17-5-18-35-62)78(64-38-21-7-22-39-64)74(70)60-30-13-3-14-31-60/h1-24,26-41,44-53H,25,42-43H2. The van der Waals surface area contributed by atoms with E-state index in [1.165, 1.54) is 122 Å². The van der Waals surface area contributed by atoms with Crippen molar-refractivity contribution in [2.24, 2.45) is 0 Å². The molecule has 0 aliphatic heterocycles. The summed E-state index contributed by atoms with van der Waals surface area (Å²) >= 11 is 0. The lowest BCUT2D eigenvalue weighted by Gasteiger charge is -2.30. The highest BCUT2D eigenvalue weighted by Gasteiger charge is 2.31. The highest BCUT2D eigenvalue weighted by molar-refractivity contribution is 6.12. The topological polar surface area (TPSA) is 0 Å². The Balaban J connectivity index is 1.20. The molecule has 0 aromatic heterocycles. The summed E-state index contributed by atoms with van der Waals surface area (Å²) in [6.45, 7) is 0. The van der Waals surface area contributed by atoms with Crippen molar-refractivity contribution >= 4 is 21.5 Å². The fraction of sp³-hybridized carbons (Fsp3) is 0.0380. The zero-order chi connectivity index (χ0) is 52.5. The van der Waals surface area contributed by atoms with Gasteiger partial charge in [0.1, 0.15) is 0 Å². The first-order valence-electron chi connectivity index (χ1n) is 27.8. The van der Waals surface area contributed by atoms with E-state index in [0.29, 0.717) is 0 Å². The van der Waals surface area contributed by atoms with Gasteiger partial charge in [0, 0.05) is 0 Å². The van der Waals surface area contributed by atoms with Gasteiger partial charge in [-0.05, 0) is 200 Å². The van der Waals surface area contributed by atoms with Gasteiger partial charge in [0.25, 0.3) is 0 Å². The minimum Gasteiger partial charge on any atom is -0.0622 e. The molecule has 0 spiro atoms. The van der Waals surface area contributed by atoms with Gasteiger partial charge in [0.2, 0.25) is 0 Å². The molecule has 372 valence electrons. The van der Waals surface area contributed by atoms with E-state index in [0.717, 1.165) is 40.8 Å². The summed E-state index contributed by atoms with van der Waals surface area (Å²) in [5.41, 5.74) is 27.3. The fourth-order valence-corrected chi connectivity index (χ4v) is 12.8. The Morgan fingerprint density at radius 1 is 0.152 bits per heavy atom.